The molecule has 1 amide bonds. The maximum atomic E-state index is 12.3. The summed E-state index contributed by atoms with van der Waals surface area (Å²) in [6.07, 6.45) is 1.45. The van der Waals surface area contributed by atoms with E-state index in [0.29, 0.717) is 16.9 Å². The summed E-state index contributed by atoms with van der Waals surface area (Å²) in [5.74, 6) is -0.511. The first-order chi connectivity index (χ1) is 9.46. The van der Waals surface area contributed by atoms with Gasteiger partial charge in [0.2, 0.25) is 5.60 Å². The van der Waals surface area contributed by atoms with Crippen LogP contribution in [0.4, 0.5) is 5.69 Å². The first kappa shape index (κ1) is 13.1. The Balaban J connectivity index is 2.28. The van der Waals surface area contributed by atoms with Crippen molar-refractivity contribution >= 4 is 23.2 Å². The molecule has 0 saturated heterocycles. The maximum Gasteiger partial charge on any atom is 0.267 e. The Bertz CT molecular complexity index is 695. The van der Waals surface area contributed by atoms with Crippen LogP contribution in [0.25, 0.3) is 0 Å². The van der Waals surface area contributed by atoms with Crippen molar-refractivity contribution in [1.82, 2.24) is 9.78 Å². The molecule has 0 saturated carbocycles. The number of amides is 1. The van der Waals surface area contributed by atoms with Crippen molar-refractivity contribution in [1.29, 1.82) is 0 Å². The van der Waals surface area contributed by atoms with Crippen molar-refractivity contribution in [3.05, 3.63) is 46.7 Å². The number of hydrogen-bond acceptors (Lipinski definition) is 3. The molecule has 0 bridgehead atoms. The number of rotatable bonds is 2. The molecule has 0 spiro atoms. The molecule has 1 aromatic carbocycles. The molecule has 2 heterocycles. The Morgan fingerprint density at radius 3 is 2.80 bits per heavy atom. The van der Waals surface area contributed by atoms with Crippen LogP contribution in [0.5, 0.6) is 0 Å². The van der Waals surface area contributed by atoms with E-state index >= 15 is 0 Å². The largest absolute Gasteiger partial charge is 0.370 e. The number of para-hydroxylation sites is 1. The zero-order valence-electron chi connectivity index (χ0n) is 11.1. The summed E-state index contributed by atoms with van der Waals surface area (Å²) < 4.78 is 1.57. The molecule has 104 valence electrons. The average Bonchev–Trinajstić information content (AvgIpc) is 2.91. The smallest absolute Gasteiger partial charge is 0.267 e. The summed E-state index contributed by atoms with van der Waals surface area (Å²) in [5, 5.41) is 18.1. The van der Waals surface area contributed by atoms with Gasteiger partial charge < -0.3 is 10.4 Å². The van der Waals surface area contributed by atoms with E-state index in [1.165, 1.54) is 6.20 Å². The second-order valence-electron chi connectivity index (χ2n) is 5.09. The van der Waals surface area contributed by atoms with E-state index in [-0.39, 0.29) is 11.1 Å². The van der Waals surface area contributed by atoms with E-state index < -0.39 is 11.5 Å². The van der Waals surface area contributed by atoms with Gasteiger partial charge in [-0.05, 0) is 19.9 Å². The maximum absolute atomic E-state index is 12.3. The zero-order chi connectivity index (χ0) is 14.5. The lowest BCUT2D eigenvalue weighted by Gasteiger charge is -2.24. The molecule has 1 aliphatic heterocycles. The summed E-state index contributed by atoms with van der Waals surface area (Å²) in [5.41, 5.74) is -0.424. The number of aliphatic hydroxyl groups is 1. The summed E-state index contributed by atoms with van der Waals surface area (Å²) in [6, 6.07) is 7.00. The van der Waals surface area contributed by atoms with Gasteiger partial charge in [0.1, 0.15) is 5.69 Å². The zero-order valence-corrected chi connectivity index (χ0v) is 11.8. The molecule has 1 unspecified atom stereocenters. The highest BCUT2D eigenvalue weighted by Gasteiger charge is 2.50. The molecule has 0 radical (unpaired) electrons. The van der Waals surface area contributed by atoms with Gasteiger partial charge in [-0.3, -0.25) is 9.48 Å². The predicted octanol–water partition coefficient (Wildman–Crippen LogP) is 2.31. The fourth-order valence-corrected chi connectivity index (χ4v) is 2.82. The molecule has 20 heavy (non-hydrogen) atoms. The van der Waals surface area contributed by atoms with Crippen LogP contribution in [-0.2, 0) is 10.4 Å². The molecule has 1 atom stereocenters. The van der Waals surface area contributed by atoms with E-state index in [2.05, 4.69) is 10.4 Å². The second-order valence-corrected chi connectivity index (χ2v) is 5.50. The van der Waals surface area contributed by atoms with Crippen LogP contribution in [0, 0.1) is 0 Å². The van der Waals surface area contributed by atoms with Crippen molar-refractivity contribution in [2.24, 2.45) is 0 Å². The van der Waals surface area contributed by atoms with Crippen LogP contribution in [0.2, 0.25) is 5.02 Å². The van der Waals surface area contributed by atoms with Gasteiger partial charge in [0.15, 0.2) is 0 Å². The molecule has 3 rings (SSSR count). The van der Waals surface area contributed by atoms with Crippen LogP contribution in [-0.4, -0.2) is 20.8 Å². The lowest BCUT2D eigenvalue weighted by Crippen LogP contribution is -2.38. The van der Waals surface area contributed by atoms with E-state index in [9.17, 15) is 9.90 Å². The van der Waals surface area contributed by atoms with Crippen LogP contribution < -0.4 is 5.32 Å². The highest BCUT2D eigenvalue weighted by atomic mass is 35.5. The molecule has 0 fully saturated rings. The van der Waals surface area contributed by atoms with Gasteiger partial charge in [0.25, 0.3) is 5.91 Å². The topological polar surface area (TPSA) is 67.1 Å². The number of nitrogens with zero attached hydrogens (tertiary/aromatic N) is 2. The lowest BCUT2D eigenvalue weighted by atomic mass is 9.91. The highest BCUT2D eigenvalue weighted by Crippen LogP contribution is 2.43. The number of benzene rings is 1. The minimum Gasteiger partial charge on any atom is -0.370 e. The molecule has 5 nitrogen and oxygen atoms in total. The van der Waals surface area contributed by atoms with Gasteiger partial charge in [-0.2, -0.15) is 5.10 Å². The van der Waals surface area contributed by atoms with E-state index in [1.54, 1.807) is 28.9 Å². The minimum absolute atomic E-state index is 0.0258. The Labute approximate surface area is 121 Å². The van der Waals surface area contributed by atoms with Gasteiger partial charge in [-0.25, -0.2) is 0 Å². The van der Waals surface area contributed by atoms with Crippen LogP contribution in [0.1, 0.15) is 31.1 Å². The molecule has 2 N–H and O–H groups in total. The van der Waals surface area contributed by atoms with Crippen LogP contribution in [0.15, 0.2) is 30.5 Å². The third kappa shape index (κ3) is 1.60. The average molecular weight is 292 g/mol. The van der Waals surface area contributed by atoms with Gasteiger partial charge in [0, 0.05) is 17.3 Å². The number of hydrogen-bond donors (Lipinski definition) is 2. The number of halogens is 1. The highest BCUT2D eigenvalue weighted by molar-refractivity contribution is 6.31. The van der Waals surface area contributed by atoms with E-state index in [0.717, 1.165) is 0 Å². The van der Waals surface area contributed by atoms with Gasteiger partial charge >= 0.3 is 0 Å². The van der Waals surface area contributed by atoms with Gasteiger partial charge in [0.05, 0.1) is 11.2 Å². The Hall–Kier alpha value is -1.85. The number of anilines is 1. The van der Waals surface area contributed by atoms with Crippen molar-refractivity contribution < 1.29 is 9.90 Å². The second kappa shape index (κ2) is 4.33. The lowest BCUT2D eigenvalue weighted by molar-refractivity contribution is -0.130. The fourth-order valence-electron chi connectivity index (χ4n) is 2.55. The summed E-state index contributed by atoms with van der Waals surface area (Å²) in [4.78, 5) is 12.3. The van der Waals surface area contributed by atoms with Crippen molar-refractivity contribution in [3.63, 3.8) is 0 Å². The summed E-state index contributed by atoms with van der Waals surface area (Å²) in [7, 11) is 0. The fraction of sp³-hybridized carbons (Fsp3) is 0.286. The third-order valence-electron chi connectivity index (χ3n) is 3.48. The normalized spacial score (nSPS) is 21.1. The molecule has 1 aromatic heterocycles. The molecular weight excluding hydrogens is 278 g/mol. The number of nitrogens with one attached hydrogen (secondary N) is 1. The van der Waals surface area contributed by atoms with Gasteiger partial charge in [-0.1, -0.05) is 29.8 Å². The minimum atomic E-state index is -1.81. The van der Waals surface area contributed by atoms with Gasteiger partial charge in [-0.15, -0.1) is 0 Å². The van der Waals surface area contributed by atoms with Crippen LogP contribution >= 0.6 is 11.6 Å². The standard InChI is InChI=1S/C14H14ClN3O2/c1-8(2)18-12(10(15)7-16-18)14(20)9-5-3-4-6-11(9)17-13(14)19/h3-8,20H,1-2H3,(H,17,19). The van der Waals surface area contributed by atoms with Crippen molar-refractivity contribution in [3.8, 4) is 0 Å². The Morgan fingerprint density at radius 2 is 2.10 bits per heavy atom. The molecule has 0 aliphatic carbocycles. The quantitative estimate of drug-likeness (QED) is 0.892. The SMILES string of the molecule is CC(C)n1ncc(Cl)c1C1(O)C(=O)Nc2ccccc21. The van der Waals surface area contributed by atoms with Crippen molar-refractivity contribution in [2.75, 3.05) is 5.32 Å². The molecule has 6 heteroatoms. The van der Waals surface area contributed by atoms with E-state index in [4.69, 9.17) is 11.6 Å². The summed E-state index contributed by atoms with van der Waals surface area (Å²) in [6.45, 7) is 3.82. The third-order valence-corrected chi connectivity index (χ3v) is 3.75. The summed E-state index contributed by atoms with van der Waals surface area (Å²) >= 11 is 6.17. The number of carbonyl (C=O) groups is 1. The Morgan fingerprint density at radius 1 is 1.40 bits per heavy atom. The molecular formula is C14H14ClN3O2. The number of fused-ring (bicyclic) bond motifs is 1. The van der Waals surface area contributed by atoms with Crippen LogP contribution in [0.3, 0.4) is 0 Å². The first-order valence-electron chi connectivity index (χ1n) is 6.33. The number of aromatic nitrogens is 2. The predicted molar refractivity (Wildman–Crippen MR) is 75.7 cm³/mol. The first-order valence-corrected chi connectivity index (χ1v) is 6.71. The van der Waals surface area contributed by atoms with Crippen molar-refractivity contribution in [2.45, 2.75) is 25.5 Å². The van der Waals surface area contributed by atoms with E-state index in [1.807, 2.05) is 13.8 Å². The number of carbonyl (C=O) groups excluding carboxylic acids is 1. The molecule has 1 aliphatic rings. The molecule has 2 aromatic rings. The monoisotopic (exact) mass is 291 g/mol. The Kier molecular flexibility index (Phi) is 2.84.